The molecule has 1 amide bonds. The lowest BCUT2D eigenvalue weighted by Crippen LogP contribution is -2.20. The zero-order chi connectivity index (χ0) is 13.7. The van der Waals surface area contributed by atoms with Gasteiger partial charge in [-0.3, -0.25) is 4.79 Å². The van der Waals surface area contributed by atoms with Crippen LogP contribution in [0.15, 0.2) is 24.3 Å². The Balaban J connectivity index is 1.72. The molecule has 0 saturated heterocycles. The van der Waals surface area contributed by atoms with Crippen LogP contribution in [0.5, 0.6) is 0 Å². The van der Waals surface area contributed by atoms with Gasteiger partial charge in [0.15, 0.2) is 0 Å². The smallest absolute Gasteiger partial charge is 0.222 e. The molecule has 2 rings (SSSR count). The third-order valence-electron chi connectivity index (χ3n) is 3.12. The monoisotopic (exact) mass is 276 g/mol. The number of aromatic nitrogens is 1. The van der Waals surface area contributed by atoms with Crippen molar-refractivity contribution in [1.29, 1.82) is 0 Å². The van der Waals surface area contributed by atoms with Crippen molar-refractivity contribution in [1.82, 2.24) is 9.88 Å². The Hall–Kier alpha value is -1.42. The summed E-state index contributed by atoms with van der Waals surface area (Å²) in [5.41, 5.74) is 1.10. The summed E-state index contributed by atoms with van der Waals surface area (Å²) in [6, 6.07) is 8.26. The van der Waals surface area contributed by atoms with Gasteiger partial charge in [-0.2, -0.15) is 0 Å². The number of fused-ring (bicyclic) bond motifs is 1. The Morgan fingerprint density at radius 3 is 2.74 bits per heavy atom. The number of hydrogen-bond acceptors (Lipinski definition) is 3. The SMILES string of the molecule is CN(C)C(=O)CCCCCc1nc2ccccc2s1. The molecule has 0 aliphatic heterocycles. The Morgan fingerprint density at radius 1 is 1.21 bits per heavy atom. The fourth-order valence-electron chi connectivity index (χ4n) is 1.98. The Morgan fingerprint density at radius 2 is 2.00 bits per heavy atom. The summed E-state index contributed by atoms with van der Waals surface area (Å²) in [5, 5.41) is 1.21. The topological polar surface area (TPSA) is 33.2 Å². The number of thiazole rings is 1. The van der Waals surface area contributed by atoms with Crippen LogP contribution in [0.25, 0.3) is 10.2 Å². The number of unbranched alkanes of at least 4 members (excludes halogenated alkanes) is 2. The molecule has 3 nitrogen and oxygen atoms in total. The molecule has 102 valence electrons. The van der Waals surface area contributed by atoms with Gasteiger partial charge in [0, 0.05) is 20.5 Å². The van der Waals surface area contributed by atoms with Crippen LogP contribution in [-0.2, 0) is 11.2 Å². The minimum Gasteiger partial charge on any atom is -0.349 e. The normalized spacial score (nSPS) is 10.8. The molecule has 0 unspecified atom stereocenters. The molecule has 0 bridgehead atoms. The van der Waals surface area contributed by atoms with Gasteiger partial charge in [0.25, 0.3) is 0 Å². The van der Waals surface area contributed by atoms with Gasteiger partial charge in [-0.1, -0.05) is 18.6 Å². The number of amides is 1. The van der Waals surface area contributed by atoms with Gasteiger partial charge in [0.05, 0.1) is 15.2 Å². The minimum atomic E-state index is 0.222. The van der Waals surface area contributed by atoms with E-state index in [4.69, 9.17) is 0 Å². The van der Waals surface area contributed by atoms with E-state index in [1.54, 1.807) is 16.2 Å². The van der Waals surface area contributed by atoms with E-state index in [1.165, 1.54) is 9.71 Å². The average molecular weight is 276 g/mol. The van der Waals surface area contributed by atoms with E-state index in [9.17, 15) is 4.79 Å². The van der Waals surface area contributed by atoms with Crippen molar-refractivity contribution in [2.45, 2.75) is 32.1 Å². The Kier molecular flexibility index (Phi) is 4.91. The third-order valence-corrected chi connectivity index (χ3v) is 4.21. The fourth-order valence-corrected chi connectivity index (χ4v) is 2.99. The first kappa shape index (κ1) is 14.0. The molecule has 2 aromatic rings. The number of carbonyl (C=O) groups is 1. The molecule has 0 spiro atoms. The lowest BCUT2D eigenvalue weighted by Gasteiger charge is -2.09. The van der Waals surface area contributed by atoms with Crippen LogP contribution in [0, 0.1) is 0 Å². The molecule has 0 radical (unpaired) electrons. The van der Waals surface area contributed by atoms with Gasteiger partial charge in [0.2, 0.25) is 5.91 Å². The van der Waals surface area contributed by atoms with E-state index >= 15 is 0 Å². The number of benzene rings is 1. The van der Waals surface area contributed by atoms with E-state index < -0.39 is 0 Å². The van der Waals surface area contributed by atoms with Crippen LogP contribution < -0.4 is 0 Å². The zero-order valence-corrected chi connectivity index (χ0v) is 12.4. The predicted octanol–water partition coefficient (Wildman–Crippen LogP) is 3.49. The third kappa shape index (κ3) is 4.03. The highest BCUT2D eigenvalue weighted by Crippen LogP contribution is 2.22. The maximum atomic E-state index is 11.4. The quantitative estimate of drug-likeness (QED) is 0.757. The maximum Gasteiger partial charge on any atom is 0.222 e. The first-order chi connectivity index (χ1) is 9.16. The van der Waals surface area contributed by atoms with Gasteiger partial charge < -0.3 is 4.90 Å². The van der Waals surface area contributed by atoms with Crippen molar-refractivity contribution < 1.29 is 4.79 Å². The summed E-state index contributed by atoms with van der Waals surface area (Å²) < 4.78 is 1.26. The molecule has 1 aromatic heterocycles. The van der Waals surface area contributed by atoms with Gasteiger partial charge in [-0.15, -0.1) is 11.3 Å². The highest BCUT2D eigenvalue weighted by Gasteiger charge is 2.05. The van der Waals surface area contributed by atoms with E-state index in [-0.39, 0.29) is 5.91 Å². The van der Waals surface area contributed by atoms with E-state index in [0.29, 0.717) is 6.42 Å². The van der Waals surface area contributed by atoms with Gasteiger partial charge in [-0.05, 0) is 31.4 Å². The van der Waals surface area contributed by atoms with Gasteiger partial charge in [0.1, 0.15) is 0 Å². The molecular formula is C15H20N2OS. The number of rotatable bonds is 6. The lowest BCUT2D eigenvalue weighted by molar-refractivity contribution is -0.128. The Labute approximate surface area is 118 Å². The summed E-state index contributed by atoms with van der Waals surface area (Å²) in [6.45, 7) is 0. The highest BCUT2D eigenvalue weighted by molar-refractivity contribution is 7.18. The molecule has 0 saturated carbocycles. The summed E-state index contributed by atoms with van der Waals surface area (Å²) in [7, 11) is 3.62. The van der Waals surface area contributed by atoms with E-state index in [0.717, 1.165) is 31.2 Å². The number of hydrogen-bond donors (Lipinski definition) is 0. The average Bonchev–Trinajstić information content (AvgIpc) is 2.80. The standard InChI is InChI=1S/C15H20N2OS/c1-17(2)15(18)11-5-3-4-10-14-16-12-8-6-7-9-13(12)19-14/h6-9H,3-5,10-11H2,1-2H3. The first-order valence-electron chi connectivity index (χ1n) is 6.71. The van der Waals surface area contributed by atoms with Crippen LogP contribution in [0.2, 0.25) is 0 Å². The van der Waals surface area contributed by atoms with Crippen molar-refractivity contribution in [3.05, 3.63) is 29.3 Å². The summed E-state index contributed by atoms with van der Waals surface area (Å²) in [4.78, 5) is 17.7. The predicted molar refractivity (Wildman–Crippen MR) is 80.5 cm³/mol. The van der Waals surface area contributed by atoms with E-state index in [2.05, 4.69) is 23.2 Å². The molecule has 0 aliphatic carbocycles. The fraction of sp³-hybridized carbons (Fsp3) is 0.467. The molecule has 0 N–H and O–H groups in total. The van der Waals surface area contributed by atoms with Crippen molar-refractivity contribution in [3.8, 4) is 0 Å². The van der Waals surface area contributed by atoms with Crippen molar-refractivity contribution in [2.75, 3.05) is 14.1 Å². The molecule has 0 aliphatic rings. The molecule has 0 fully saturated rings. The van der Waals surface area contributed by atoms with Gasteiger partial charge >= 0.3 is 0 Å². The van der Waals surface area contributed by atoms with Crippen LogP contribution in [0.1, 0.15) is 30.7 Å². The maximum absolute atomic E-state index is 11.4. The largest absolute Gasteiger partial charge is 0.349 e. The first-order valence-corrected chi connectivity index (χ1v) is 7.53. The number of carbonyl (C=O) groups excluding carboxylic acids is 1. The second kappa shape index (κ2) is 6.66. The molecular weight excluding hydrogens is 256 g/mol. The molecule has 19 heavy (non-hydrogen) atoms. The lowest BCUT2D eigenvalue weighted by atomic mass is 10.1. The number of nitrogens with zero attached hydrogens (tertiary/aromatic N) is 2. The van der Waals surface area contributed by atoms with Crippen molar-refractivity contribution >= 4 is 27.5 Å². The van der Waals surface area contributed by atoms with E-state index in [1.807, 2.05) is 20.2 Å². The van der Waals surface area contributed by atoms with Crippen molar-refractivity contribution in [2.24, 2.45) is 0 Å². The summed E-state index contributed by atoms with van der Waals surface area (Å²) >= 11 is 1.78. The van der Waals surface area contributed by atoms with Crippen LogP contribution >= 0.6 is 11.3 Å². The zero-order valence-electron chi connectivity index (χ0n) is 11.6. The number of aryl methyl sites for hydroxylation is 1. The number of para-hydroxylation sites is 1. The second-order valence-electron chi connectivity index (χ2n) is 4.92. The van der Waals surface area contributed by atoms with Crippen LogP contribution in [0.3, 0.4) is 0 Å². The van der Waals surface area contributed by atoms with Crippen LogP contribution in [0.4, 0.5) is 0 Å². The minimum absolute atomic E-state index is 0.222. The van der Waals surface area contributed by atoms with Crippen molar-refractivity contribution in [3.63, 3.8) is 0 Å². The molecule has 1 heterocycles. The summed E-state index contributed by atoms with van der Waals surface area (Å²) in [6.07, 6.45) is 4.86. The summed E-state index contributed by atoms with van der Waals surface area (Å²) in [5.74, 6) is 0.222. The van der Waals surface area contributed by atoms with Gasteiger partial charge in [-0.25, -0.2) is 4.98 Å². The molecule has 1 aromatic carbocycles. The molecule has 4 heteroatoms. The molecule has 0 atom stereocenters. The highest BCUT2D eigenvalue weighted by atomic mass is 32.1. The van der Waals surface area contributed by atoms with Crippen LogP contribution in [-0.4, -0.2) is 29.9 Å². The second-order valence-corrected chi connectivity index (χ2v) is 6.04. The Bertz CT molecular complexity index is 515.